The van der Waals surface area contributed by atoms with Crippen LogP contribution < -0.4 is 0 Å². The first kappa shape index (κ1) is 21.9. The third-order valence-corrected chi connectivity index (χ3v) is 4.11. The van der Waals surface area contributed by atoms with Crippen LogP contribution in [0, 0.1) is 6.92 Å². The number of rotatable bonds is 1. The van der Waals surface area contributed by atoms with Crippen molar-refractivity contribution < 1.29 is 23.3 Å². The summed E-state index contributed by atoms with van der Waals surface area (Å²) >= 11 is 14.3. The molecule has 0 aliphatic carbocycles. The van der Waals surface area contributed by atoms with E-state index in [9.17, 15) is 0 Å². The smallest absolute Gasteiger partial charge is 0.0256 e. The second-order valence-electron chi connectivity index (χ2n) is 6.18. The van der Waals surface area contributed by atoms with Gasteiger partial charge in [0.15, 0.2) is 0 Å². The van der Waals surface area contributed by atoms with E-state index in [1.54, 1.807) is 23.3 Å². The summed E-state index contributed by atoms with van der Waals surface area (Å²) in [5.74, 6) is 0.389. The van der Waals surface area contributed by atoms with Crippen molar-refractivity contribution in [3.05, 3.63) is 69.7 Å². The van der Waals surface area contributed by atoms with Gasteiger partial charge in [0.25, 0.3) is 0 Å². The number of halogens is 2. The molecule has 0 spiro atoms. The van der Waals surface area contributed by atoms with Gasteiger partial charge in [-0.3, -0.25) is 0 Å². The summed E-state index contributed by atoms with van der Waals surface area (Å²) in [6, 6.07) is 16.1. The van der Waals surface area contributed by atoms with Gasteiger partial charge in [-0.1, -0.05) is 49.0 Å². The second-order valence-corrected chi connectivity index (χ2v) is 16.3. The van der Waals surface area contributed by atoms with E-state index in [0.29, 0.717) is 5.92 Å². The monoisotopic (exact) mass is 452 g/mol. The topological polar surface area (TPSA) is 0 Å². The predicted octanol–water partition coefficient (Wildman–Crippen LogP) is 7.49. The zero-order chi connectivity index (χ0) is 18.3. The molecule has 3 aromatic carbocycles. The van der Waals surface area contributed by atoms with Crippen molar-refractivity contribution in [2.75, 3.05) is 0 Å². The molecule has 24 heavy (non-hydrogen) atoms. The predicted molar refractivity (Wildman–Crippen MR) is 108 cm³/mol. The minimum atomic E-state index is 0.210. The largest absolute Gasteiger partial charge is 0.214 e. The van der Waals surface area contributed by atoms with Gasteiger partial charge in [0.05, 0.1) is 0 Å². The van der Waals surface area contributed by atoms with Crippen molar-refractivity contribution in [1.82, 2.24) is 0 Å². The molecular formula is C20H24Cl2SiZr. The molecule has 0 aliphatic rings. The van der Waals surface area contributed by atoms with Gasteiger partial charge in [-0.2, -0.15) is 29.8 Å². The minimum Gasteiger partial charge on any atom is -0.214 e. The Morgan fingerprint density at radius 1 is 1.08 bits per heavy atom. The molecule has 0 radical (unpaired) electrons. The van der Waals surface area contributed by atoms with Gasteiger partial charge in [0.1, 0.15) is 0 Å². The fourth-order valence-electron chi connectivity index (χ4n) is 2.36. The Labute approximate surface area is 171 Å². The van der Waals surface area contributed by atoms with Crippen LogP contribution in [0.4, 0.5) is 0 Å². The summed E-state index contributed by atoms with van der Waals surface area (Å²) in [5.41, 5.74) is 2.49. The number of hydrogen-bond acceptors (Lipinski definition) is 0. The van der Waals surface area contributed by atoms with E-state index in [1.165, 1.54) is 5.39 Å². The summed E-state index contributed by atoms with van der Waals surface area (Å²) in [5, 5.41) is 3.96. The molecule has 0 bridgehead atoms. The second kappa shape index (κ2) is 10.8. The molecule has 3 rings (SSSR count). The Morgan fingerprint density at radius 3 is 2.04 bits per heavy atom. The molecule has 0 heterocycles. The molecule has 0 saturated carbocycles. The molecule has 126 valence electrons. The zero-order valence-corrected chi connectivity index (χ0v) is 19.9. The summed E-state index contributed by atoms with van der Waals surface area (Å²) in [6.45, 7) is 10.9. The molecule has 3 aromatic rings. The average molecular weight is 455 g/mol. The fraction of sp³-hybridized carbons (Fsp3) is 0.300. The summed E-state index contributed by atoms with van der Waals surface area (Å²) in [7, 11) is 0. The molecule has 4 heteroatoms. The number of fused-ring (bicyclic) bond motifs is 1. The van der Waals surface area contributed by atoms with Crippen molar-refractivity contribution in [3.63, 3.8) is 0 Å². The maximum absolute atomic E-state index is 6.30. The molecule has 0 aliphatic heterocycles. The van der Waals surface area contributed by atoms with Crippen LogP contribution >= 0.6 is 23.2 Å². The van der Waals surface area contributed by atoms with Crippen molar-refractivity contribution in [1.29, 1.82) is 0 Å². The molecule has 0 atom stereocenters. The summed E-state index contributed by atoms with van der Waals surface area (Å²) in [4.78, 5) is 0. The molecule has 0 aromatic heterocycles. The Morgan fingerprint density at radius 2 is 1.62 bits per heavy atom. The molecule has 0 amide bonds. The van der Waals surface area contributed by atoms with E-state index in [1.807, 2.05) is 49.4 Å². The molecule has 0 fully saturated rings. The average Bonchev–Trinajstić information content (AvgIpc) is 3.13. The van der Waals surface area contributed by atoms with Crippen LogP contribution in [0.25, 0.3) is 10.8 Å². The van der Waals surface area contributed by atoms with E-state index in [4.69, 9.17) is 23.2 Å². The molecule has 0 nitrogen and oxygen atoms in total. The van der Waals surface area contributed by atoms with Crippen LogP contribution in [-0.4, -0.2) is 5.43 Å². The van der Waals surface area contributed by atoms with E-state index < -0.39 is 0 Å². The van der Waals surface area contributed by atoms with Gasteiger partial charge in [-0.15, -0.1) is 28.5 Å². The van der Waals surface area contributed by atoms with E-state index in [2.05, 4.69) is 33.0 Å². The Balaban J connectivity index is 0.000000263. The Hall–Kier alpha value is -0.140. The van der Waals surface area contributed by atoms with E-state index in [0.717, 1.165) is 26.6 Å². The third kappa shape index (κ3) is 6.64. The maximum atomic E-state index is 6.30. The summed E-state index contributed by atoms with van der Waals surface area (Å²) in [6.07, 6.45) is 0. The van der Waals surface area contributed by atoms with Crippen molar-refractivity contribution in [3.8, 4) is 0 Å². The van der Waals surface area contributed by atoms with Gasteiger partial charge in [0.2, 0.25) is 0 Å². The van der Waals surface area contributed by atoms with Gasteiger partial charge in [-0.05, 0) is 5.92 Å². The normalized spacial score (nSPS) is 10.1. The Bertz CT molecular complexity index is 749. The van der Waals surface area contributed by atoms with Crippen molar-refractivity contribution >= 4 is 39.4 Å². The van der Waals surface area contributed by atoms with E-state index in [-0.39, 0.29) is 5.43 Å². The first-order chi connectivity index (χ1) is 11.3. The number of benzene rings is 1. The van der Waals surface area contributed by atoms with Crippen LogP contribution in [0.5, 0.6) is 0 Å². The first-order valence-corrected chi connectivity index (χ1v) is 14.9. The SMILES string of the molecule is C[Si](C)=[Zr+2].Cc1[cH-]c2ccc(Cl)c(C(C)C)c2c1Cl.c1cc[cH-]c1. The first-order valence-electron chi connectivity index (χ1n) is 7.98. The van der Waals surface area contributed by atoms with Gasteiger partial charge >= 0.3 is 41.9 Å². The summed E-state index contributed by atoms with van der Waals surface area (Å²) < 4.78 is 0. The zero-order valence-electron chi connectivity index (χ0n) is 15.0. The fourth-order valence-corrected chi connectivity index (χ4v) is 3.00. The van der Waals surface area contributed by atoms with Crippen LogP contribution in [0.2, 0.25) is 23.1 Å². The third-order valence-electron chi connectivity index (χ3n) is 3.30. The van der Waals surface area contributed by atoms with Gasteiger partial charge in [-0.25, -0.2) is 12.1 Å². The van der Waals surface area contributed by atoms with Crippen LogP contribution in [0.15, 0.2) is 48.5 Å². The standard InChI is InChI=1S/C13H13Cl2.C5H5.C2H6Si.Zr/c1-7(2)11-10(14)5-4-9-6-8(3)13(15)12(9)11;1-2-4-5-3-1;1-3-2;/h4-7H,1-3H3;1-5H;1-2H3;/q2*-1;;+2. The van der Waals surface area contributed by atoms with Crippen LogP contribution in [0.1, 0.15) is 30.9 Å². The number of hydrogen-bond donors (Lipinski definition) is 0. The minimum absolute atomic E-state index is 0.210. The quantitative estimate of drug-likeness (QED) is 0.264. The van der Waals surface area contributed by atoms with E-state index >= 15 is 0 Å². The molecule has 0 N–H and O–H groups in total. The molecular weight excluding hydrogens is 430 g/mol. The van der Waals surface area contributed by atoms with Crippen molar-refractivity contribution in [2.24, 2.45) is 0 Å². The van der Waals surface area contributed by atoms with Crippen LogP contribution in [-0.2, 0) is 23.3 Å². The van der Waals surface area contributed by atoms with Crippen molar-refractivity contribution in [2.45, 2.75) is 39.8 Å². The maximum Gasteiger partial charge on any atom is 0.0256 e. The molecule has 0 unspecified atom stereocenters. The van der Waals surface area contributed by atoms with Gasteiger partial charge in [0, 0.05) is 5.02 Å². The molecule has 0 saturated heterocycles. The van der Waals surface area contributed by atoms with Crippen LogP contribution in [0.3, 0.4) is 0 Å². The van der Waals surface area contributed by atoms with Gasteiger partial charge < -0.3 is 0 Å². The Kier molecular flexibility index (Phi) is 9.82. The number of aryl methyl sites for hydroxylation is 1.